The Morgan fingerprint density at radius 2 is 2.28 bits per heavy atom. The third kappa shape index (κ3) is 7.39. The van der Waals surface area contributed by atoms with Gasteiger partial charge < -0.3 is 19.9 Å². The van der Waals surface area contributed by atoms with E-state index in [0.29, 0.717) is 32.9 Å². The van der Waals surface area contributed by atoms with E-state index in [2.05, 4.69) is 10.4 Å². The molecule has 1 unspecified atom stereocenters. The Hall–Kier alpha value is -0.950. The van der Waals surface area contributed by atoms with E-state index in [9.17, 15) is 5.11 Å². The zero-order valence-electron chi connectivity index (χ0n) is 10.9. The summed E-state index contributed by atoms with van der Waals surface area (Å²) < 4.78 is 11.9. The molecule has 18 heavy (non-hydrogen) atoms. The quantitative estimate of drug-likeness (QED) is 0.541. The van der Waals surface area contributed by atoms with E-state index in [-0.39, 0.29) is 0 Å². The van der Waals surface area contributed by atoms with Crippen LogP contribution in [0.3, 0.4) is 0 Å². The fraction of sp³-hybridized carbons (Fsp3) is 0.750. The van der Waals surface area contributed by atoms with Gasteiger partial charge in [0.2, 0.25) is 0 Å². The van der Waals surface area contributed by atoms with Gasteiger partial charge in [-0.2, -0.15) is 5.10 Å². The van der Waals surface area contributed by atoms with Crippen LogP contribution in [0.1, 0.15) is 6.42 Å². The van der Waals surface area contributed by atoms with E-state index in [1.165, 1.54) is 0 Å². The molecule has 1 heterocycles. The van der Waals surface area contributed by atoms with Gasteiger partial charge in [0, 0.05) is 32.7 Å². The van der Waals surface area contributed by atoms with Crippen molar-refractivity contribution in [2.24, 2.45) is 0 Å². The lowest BCUT2D eigenvalue weighted by Crippen LogP contribution is -2.31. The fourth-order valence-corrected chi connectivity index (χ4v) is 1.50. The van der Waals surface area contributed by atoms with E-state index < -0.39 is 6.10 Å². The largest absolute Gasteiger partial charge is 0.390 e. The Labute approximate surface area is 108 Å². The number of nitrogens with one attached hydrogen (secondary N) is 1. The maximum Gasteiger partial charge on any atom is 0.0860 e. The van der Waals surface area contributed by atoms with Gasteiger partial charge in [-0.25, -0.2) is 0 Å². The highest BCUT2D eigenvalue weighted by Crippen LogP contribution is 1.90. The molecule has 1 aromatic rings. The van der Waals surface area contributed by atoms with Gasteiger partial charge in [-0.15, -0.1) is 0 Å². The molecule has 0 aliphatic rings. The van der Waals surface area contributed by atoms with E-state index >= 15 is 0 Å². The van der Waals surface area contributed by atoms with Crippen molar-refractivity contribution in [2.45, 2.75) is 19.1 Å². The van der Waals surface area contributed by atoms with E-state index in [0.717, 1.165) is 13.0 Å². The van der Waals surface area contributed by atoms with Crippen molar-refractivity contribution in [1.29, 1.82) is 0 Å². The highest BCUT2D eigenvalue weighted by molar-refractivity contribution is 4.78. The number of aliphatic hydroxyl groups is 1. The highest BCUT2D eigenvalue weighted by Gasteiger charge is 2.04. The molecule has 0 spiro atoms. The van der Waals surface area contributed by atoms with Gasteiger partial charge in [-0.3, -0.25) is 4.68 Å². The topological polar surface area (TPSA) is 68.5 Å². The summed E-state index contributed by atoms with van der Waals surface area (Å²) in [6, 6.07) is 1.84. The first-order chi connectivity index (χ1) is 8.83. The minimum Gasteiger partial charge on any atom is -0.390 e. The molecule has 6 nitrogen and oxygen atoms in total. The third-order valence-corrected chi connectivity index (χ3v) is 2.41. The van der Waals surface area contributed by atoms with Crippen LogP contribution in [0, 0.1) is 0 Å². The summed E-state index contributed by atoms with van der Waals surface area (Å²) in [5, 5.41) is 16.9. The summed E-state index contributed by atoms with van der Waals surface area (Å²) in [5.74, 6) is 0. The van der Waals surface area contributed by atoms with Crippen LogP contribution in [0.15, 0.2) is 18.5 Å². The number of rotatable bonds is 11. The summed E-state index contributed by atoms with van der Waals surface area (Å²) in [6.45, 7) is 3.91. The Morgan fingerprint density at radius 3 is 3.00 bits per heavy atom. The molecule has 0 amide bonds. The van der Waals surface area contributed by atoms with Crippen molar-refractivity contribution < 1.29 is 14.6 Å². The Morgan fingerprint density at radius 1 is 1.39 bits per heavy atom. The van der Waals surface area contributed by atoms with Crippen molar-refractivity contribution in [3.63, 3.8) is 0 Å². The van der Waals surface area contributed by atoms with Gasteiger partial charge in [-0.05, 0) is 19.0 Å². The monoisotopic (exact) mass is 257 g/mol. The molecule has 1 rings (SSSR count). The minimum atomic E-state index is -0.417. The summed E-state index contributed by atoms with van der Waals surface area (Å²) in [6.07, 6.45) is 4.06. The van der Waals surface area contributed by atoms with E-state index in [4.69, 9.17) is 9.47 Å². The molecule has 2 N–H and O–H groups in total. The number of aromatic nitrogens is 2. The van der Waals surface area contributed by atoms with Crippen molar-refractivity contribution >= 4 is 0 Å². The van der Waals surface area contributed by atoms with Crippen molar-refractivity contribution in [3.05, 3.63) is 18.5 Å². The summed E-state index contributed by atoms with van der Waals surface area (Å²) in [7, 11) is 1.66. The first-order valence-corrected chi connectivity index (χ1v) is 6.26. The lowest BCUT2D eigenvalue weighted by molar-refractivity contribution is 0.0689. The maximum atomic E-state index is 9.72. The molecule has 0 bridgehead atoms. The van der Waals surface area contributed by atoms with Crippen LogP contribution >= 0.6 is 0 Å². The third-order valence-electron chi connectivity index (χ3n) is 2.41. The van der Waals surface area contributed by atoms with Gasteiger partial charge in [-0.1, -0.05) is 0 Å². The molecule has 0 saturated carbocycles. The second kappa shape index (κ2) is 10.0. The number of nitrogens with zero attached hydrogens (tertiary/aromatic N) is 2. The minimum absolute atomic E-state index is 0.417. The molecule has 1 aromatic heterocycles. The first-order valence-electron chi connectivity index (χ1n) is 6.26. The fourth-order valence-electron chi connectivity index (χ4n) is 1.50. The number of hydrogen-bond donors (Lipinski definition) is 2. The van der Waals surface area contributed by atoms with Gasteiger partial charge >= 0.3 is 0 Å². The molecular weight excluding hydrogens is 234 g/mol. The predicted octanol–water partition coefficient (Wildman–Crippen LogP) is -0.113. The lowest BCUT2D eigenvalue weighted by atomic mass is 10.3. The number of aliphatic hydroxyl groups excluding tert-OH is 1. The Kier molecular flexibility index (Phi) is 8.41. The smallest absolute Gasteiger partial charge is 0.0860 e. The zero-order valence-corrected chi connectivity index (χ0v) is 10.9. The molecule has 0 radical (unpaired) electrons. The standard InChI is InChI=1S/C12H23N3O3/c1-17-8-9-18-7-3-4-13-10-12(16)11-15-6-2-5-14-15/h2,5-6,12-13,16H,3-4,7-11H2,1H3. The average Bonchev–Trinajstić information content (AvgIpc) is 2.85. The van der Waals surface area contributed by atoms with Crippen LogP contribution in [0.2, 0.25) is 0 Å². The molecule has 0 aromatic carbocycles. The molecule has 6 heteroatoms. The predicted molar refractivity (Wildman–Crippen MR) is 68.4 cm³/mol. The van der Waals surface area contributed by atoms with Crippen molar-refractivity contribution in [2.75, 3.05) is 40.0 Å². The van der Waals surface area contributed by atoms with Crippen molar-refractivity contribution in [1.82, 2.24) is 15.1 Å². The van der Waals surface area contributed by atoms with Crippen LogP contribution in [0.4, 0.5) is 0 Å². The van der Waals surface area contributed by atoms with Gasteiger partial charge in [0.25, 0.3) is 0 Å². The molecule has 0 aliphatic heterocycles. The maximum absolute atomic E-state index is 9.72. The molecule has 104 valence electrons. The first kappa shape index (κ1) is 15.1. The molecule has 0 fully saturated rings. The molecular formula is C12H23N3O3. The number of methoxy groups -OCH3 is 1. The zero-order chi connectivity index (χ0) is 13.1. The second-order valence-corrected chi connectivity index (χ2v) is 4.04. The molecule has 0 saturated heterocycles. The van der Waals surface area contributed by atoms with E-state index in [1.54, 1.807) is 18.0 Å². The average molecular weight is 257 g/mol. The molecule has 1 atom stereocenters. The second-order valence-electron chi connectivity index (χ2n) is 4.04. The van der Waals surface area contributed by atoms with Crippen LogP contribution in [-0.2, 0) is 16.0 Å². The SMILES string of the molecule is COCCOCCCNCC(O)Cn1cccn1. The Bertz CT molecular complexity index is 280. The van der Waals surface area contributed by atoms with Crippen molar-refractivity contribution in [3.8, 4) is 0 Å². The summed E-state index contributed by atoms with van der Waals surface area (Å²) in [5.41, 5.74) is 0. The Balaban J connectivity index is 1.88. The van der Waals surface area contributed by atoms with Crippen LogP contribution in [0.25, 0.3) is 0 Å². The summed E-state index contributed by atoms with van der Waals surface area (Å²) >= 11 is 0. The van der Waals surface area contributed by atoms with Crippen LogP contribution in [-0.4, -0.2) is 61.0 Å². The van der Waals surface area contributed by atoms with Gasteiger partial charge in [0.15, 0.2) is 0 Å². The lowest BCUT2D eigenvalue weighted by Gasteiger charge is -2.11. The van der Waals surface area contributed by atoms with Crippen LogP contribution in [0.5, 0.6) is 0 Å². The normalized spacial score (nSPS) is 12.8. The van der Waals surface area contributed by atoms with Gasteiger partial charge in [0.05, 0.1) is 25.9 Å². The highest BCUT2D eigenvalue weighted by atomic mass is 16.5. The van der Waals surface area contributed by atoms with E-state index in [1.807, 2.05) is 12.3 Å². The van der Waals surface area contributed by atoms with Crippen LogP contribution < -0.4 is 5.32 Å². The number of ether oxygens (including phenoxy) is 2. The molecule has 0 aliphatic carbocycles. The van der Waals surface area contributed by atoms with Gasteiger partial charge in [0.1, 0.15) is 0 Å². The summed E-state index contributed by atoms with van der Waals surface area (Å²) in [4.78, 5) is 0. The number of hydrogen-bond acceptors (Lipinski definition) is 5.